The van der Waals surface area contributed by atoms with Gasteiger partial charge in [-0.2, -0.15) is 0 Å². The molecule has 0 saturated heterocycles. The lowest BCUT2D eigenvalue weighted by Crippen LogP contribution is -2.59. The van der Waals surface area contributed by atoms with Crippen molar-refractivity contribution in [1.82, 2.24) is 26.6 Å². The van der Waals surface area contributed by atoms with Crippen LogP contribution in [-0.2, 0) is 28.8 Å². The van der Waals surface area contributed by atoms with Crippen molar-refractivity contribution in [2.45, 2.75) is 113 Å². The van der Waals surface area contributed by atoms with Gasteiger partial charge in [0.25, 0.3) is 0 Å². The standard InChI is InChI=1S/C30H60N10O9/c31-13-5-1-9-20(26(44)37-22(11-3-7-15-33)28(46)39-23(30(48)49)12-4-8-16-34)36-27(45)21(10-2-6-14-32)38-29(47)24(18-42)40-25(43)19(35)17-41/h19-24,41-42H,1-18,31-35H2,(H,36,45)(H,37,44)(H,38,47)(H,39,46)(H,40,43)(H,48,49)/t19-,20-,21-,22-,23-,24-/m0/s1. The number of rotatable bonds is 29. The summed E-state index contributed by atoms with van der Waals surface area (Å²) >= 11 is 0. The second kappa shape index (κ2) is 27.4. The van der Waals surface area contributed by atoms with Gasteiger partial charge in [0.1, 0.15) is 36.3 Å². The quantitative estimate of drug-likeness (QED) is 0.0326. The van der Waals surface area contributed by atoms with Crippen LogP contribution in [0.25, 0.3) is 0 Å². The summed E-state index contributed by atoms with van der Waals surface area (Å²) in [7, 11) is 0. The van der Waals surface area contributed by atoms with E-state index in [9.17, 15) is 39.0 Å². The highest BCUT2D eigenvalue weighted by molar-refractivity contribution is 5.96. The lowest BCUT2D eigenvalue weighted by Gasteiger charge is -2.27. The van der Waals surface area contributed by atoms with Gasteiger partial charge in [-0.1, -0.05) is 0 Å². The largest absolute Gasteiger partial charge is 0.480 e. The zero-order valence-electron chi connectivity index (χ0n) is 28.4. The van der Waals surface area contributed by atoms with Gasteiger partial charge in [-0.15, -0.1) is 0 Å². The Morgan fingerprint density at radius 3 is 1.00 bits per heavy atom. The van der Waals surface area contributed by atoms with Crippen LogP contribution in [-0.4, -0.2) is 126 Å². The van der Waals surface area contributed by atoms with Crippen molar-refractivity contribution in [3.05, 3.63) is 0 Å². The number of carboxylic acids is 1. The van der Waals surface area contributed by atoms with Crippen LogP contribution in [0, 0.1) is 0 Å². The average Bonchev–Trinajstić information content (AvgIpc) is 3.08. The predicted octanol–water partition coefficient (Wildman–Crippen LogP) is -4.68. The number of nitrogens with one attached hydrogen (secondary N) is 5. The third-order valence-electron chi connectivity index (χ3n) is 7.65. The SMILES string of the molecule is NCCCC[C@H](NC(=O)[C@H](CCCCN)NC(=O)[C@H](CCCCN)NC(=O)[C@H](CCCCN)NC(=O)[C@H](CO)NC(=O)[C@@H](N)CO)C(=O)O. The molecular formula is C30H60N10O9. The molecule has 0 spiro atoms. The van der Waals surface area contributed by atoms with E-state index in [0.29, 0.717) is 77.5 Å². The van der Waals surface area contributed by atoms with Crippen LogP contribution < -0.4 is 55.3 Å². The molecule has 0 aromatic rings. The summed E-state index contributed by atoms with van der Waals surface area (Å²) in [6, 6.07) is -7.55. The molecule has 49 heavy (non-hydrogen) atoms. The minimum atomic E-state index is -1.49. The highest BCUT2D eigenvalue weighted by Crippen LogP contribution is 2.09. The first-order valence-electron chi connectivity index (χ1n) is 16.9. The van der Waals surface area contributed by atoms with Crippen LogP contribution in [0.2, 0.25) is 0 Å². The second-order valence-corrected chi connectivity index (χ2v) is 11.8. The van der Waals surface area contributed by atoms with Gasteiger partial charge in [-0.3, -0.25) is 24.0 Å². The summed E-state index contributed by atoms with van der Waals surface area (Å²) in [5.74, 6) is -5.20. The Morgan fingerprint density at radius 2 is 0.714 bits per heavy atom. The molecule has 0 bridgehead atoms. The van der Waals surface area contributed by atoms with Crippen LogP contribution in [0.1, 0.15) is 77.0 Å². The van der Waals surface area contributed by atoms with Crippen LogP contribution in [0.5, 0.6) is 0 Å². The van der Waals surface area contributed by atoms with Gasteiger partial charge in [0, 0.05) is 0 Å². The predicted molar refractivity (Wildman–Crippen MR) is 181 cm³/mol. The van der Waals surface area contributed by atoms with E-state index in [0.717, 1.165) is 0 Å². The molecule has 0 aliphatic heterocycles. The van der Waals surface area contributed by atoms with Gasteiger partial charge in [0.2, 0.25) is 29.5 Å². The lowest BCUT2D eigenvalue weighted by molar-refractivity contribution is -0.142. The van der Waals surface area contributed by atoms with Crippen molar-refractivity contribution >= 4 is 35.5 Å². The molecule has 18 N–H and O–H groups in total. The van der Waals surface area contributed by atoms with E-state index >= 15 is 0 Å². The van der Waals surface area contributed by atoms with E-state index in [-0.39, 0.29) is 25.7 Å². The summed E-state index contributed by atoms with van der Waals surface area (Å²) < 4.78 is 0. The van der Waals surface area contributed by atoms with E-state index in [1.54, 1.807) is 0 Å². The Hall–Kier alpha value is -3.46. The molecule has 0 aromatic carbocycles. The van der Waals surface area contributed by atoms with Gasteiger partial charge >= 0.3 is 5.97 Å². The zero-order valence-corrected chi connectivity index (χ0v) is 28.4. The molecule has 0 aliphatic rings. The molecule has 284 valence electrons. The van der Waals surface area contributed by atoms with Crippen molar-refractivity contribution in [3.8, 4) is 0 Å². The van der Waals surface area contributed by atoms with E-state index in [1.807, 2.05) is 0 Å². The maximum atomic E-state index is 13.6. The van der Waals surface area contributed by atoms with Gasteiger partial charge in [-0.05, 0) is 103 Å². The fourth-order valence-corrected chi connectivity index (χ4v) is 4.68. The topological polar surface area (TPSA) is 353 Å². The van der Waals surface area contributed by atoms with E-state index < -0.39 is 85.0 Å². The minimum Gasteiger partial charge on any atom is -0.480 e. The van der Waals surface area contributed by atoms with E-state index in [1.165, 1.54) is 0 Å². The van der Waals surface area contributed by atoms with Crippen molar-refractivity contribution in [1.29, 1.82) is 0 Å². The zero-order chi connectivity index (χ0) is 37.2. The normalized spacial score (nSPS) is 14.8. The third-order valence-corrected chi connectivity index (χ3v) is 7.65. The van der Waals surface area contributed by atoms with Crippen LogP contribution >= 0.6 is 0 Å². The maximum Gasteiger partial charge on any atom is 0.326 e. The molecule has 6 atom stereocenters. The summed E-state index contributed by atoms with van der Waals surface area (Å²) in [6.45, 7) is -0.203. The van der Waals surface area contributed by atoms with E-state index in [2.05, 4.69) is 26.6 Å². The number of hydrogen-bond acceptors (Lipinski definition) is 13. The van der Waals surface area contributed by atoms with Crippen molar-refractivity contribution in [2.75, 3.05) is 39.4 Å². The first-order valence-corrected chi connectivity index (χ1v) is 16.9. The number of carboxylic acid groups (broad SMARTS) is 1. The highest BCUT2D eigenvalue weighted by Gasteiger charge is 2.32. The lowest BCUT2D eigenvalue weighted by atomic mass is 10.0. The summed E-state index contributed by atoms with van der Waals surface area (Å²) in [5.41, 5.74) is 27.8. The van der Waals surface area contributed by atoms with Gasteiger partial charge in [0.15, 0.2) is 0 Å². The Balaban J connectivity index is 6.06. The number of nitrogens with two attached hydrogens (primary N) is 5. The number of aliphatic hydroxyl groups is 2. The minimum absolute atomic E-state index is 0.0962. The Labute approximate surface area is 287 Å². The van der Waals surface area contributed by atoms with Crippen LogP contribution in [0.3, 0.4) is 0 Å². The number of aliphatic hydroxyl groups excluding tert-OH is 2. The smallest absolute Gasteiger partial charge is 0.326 e. The molecule has 0 aromatic heterocycles. The monoisotopic (exact) mass is 704 g/mol. The summed E-state index contributed by atoms with van der Waals surface area (Å²) in [6.07, 6.45) is 4.41. The van der Waals surface area contributed by atoms with Crippen molar-refractivity contribution in [3.63, 3.8) is 0 Å². The number of unbranched alkanes of at least 4 members (excludes halogenated alkanes) is 4. The number of hydrogen-bond donors (Lipinski definition) is 13. The highest BCUT2D eigenvalue weighted by atomic mass is 16.4. The number of aliphatic carboxylic acids is 1. The number of amides is 5. The molecule has 0 heterocycles. The Bertz CT molecular complexity index is 1010. The molecule has 0 radical (unpaired) electrons. The van der Waals surface area contributed by atoms with Crippen LogP contribution in [0.15, 0.2) is 0 Å². The van der Waals surface area contributed by atoms with Gasteiger partial charge in [0.05, 0.1) is 13.2 Å². The third kappa shape index (κ3) is 19.4. The fraction of sp³-hybridized carbons (Fsp3) is 0.800. The number of carbonyl (C=O) groups excluding carboxylic acids is 5. The number of carbonyl (C=O) groups is 6. The fourth-order valence-electron chi connectivity index (χ4n) is 4.68. The first kappa shape index (κ1) is 45.5. The first-order chi connectivity index (χ1) is 23.4. The average molecular weight is 705 g/mol. The molecule has 0 fully saturated rings. The molecule has 19 nitrogen and oxygen atoms in total. The van der Waals surface area contributed by atoms with Gasteiger partial charge in [-0.25, -0.2) is 4.79 Å². The van der Waals surface area contributed by atoms with Crippen molar-refractivity contribution in [2.24, 2.45) is 28.7 Å². The molecule has 0 saturated carbocycles. The maximum absolute atomic E-state index is 13.6. The second-order valence-electron chi connectivity index (χ2n) is 11.8. The summed E-state index contributed by atoms with van der Waals surface area (Å²) in [4.78, 5) is 77.3. The molecule has 5 amide bonds. The van der Waals surface area contributed by atoms with Crippen molar-refractivity contribution < 1.29 is 44.1 Å². The van der Waals surface area contributed by atoms with Gasteiger partial charge < -0.3 is 70.6 Å². The molecular weight excluding hydrogens is 644 g/mol. The van der Waals surface area contributed by atoms with Crippen LogP contribution in [0.4, 0.5) is 0 Å². The Morgan fingerprint density at radius 1 is 0.429 bits per heavy atom. The molecule has 0 rings (SSSR count). The Kier molecular flexibility index (Phi) is 25.4. The molecule has 0 unspecified atom stereocenters. The molecule has 19 heteroatoms. The summed E-state index contributed by atoms with van der Waals surface area (Å²) in [5, 5.41) is 40.9. The molecule has 0 aliphatic carbocycles. The van der Waals surface area contributed by atoms with E-state index in [4.69, 9.17) is 33.8 Å².